The van der Waals surface area contributed by atoms with E-state index < -0.39 is 0 Å². The Kier molecular flexibility index (Phi) is 5.75. The fourth-order valence-corrected chi connectivity index (χ4v) is 3.60. The van der Waals surface area contributed by atoms with Crippen molar-refractivity contribution in [3.63, 3.8) is 0 Å². The van der Waals surface area contributed by atoms with Crippen LogP contribution in [0.2, 0.25) is 0 Å². The van der Waals surface area contributed by atoms with E-state index in [1.165, 1.54) is 11.1 Å². The molecule has 1 aliphatic heterocycles. The molecule has 0 radical (unpaired) electrons. The summed E-state index contributed by atoms with van der Waals surface area (Å²) in [7, 11) is 0. The molecule has 4 nitrogen and oxygen atoms in total. The van der Waals surface area contributed by atoms with Gasteiger partial charge in [0.2, 0.25) is 0 Å². The molecule has 0 saturated carbocycles. The van der Waals surface area contributed by atoms with Crippen molar-refractivity contribution in [3.8, 4) is 0 Å². The van der Waals surface area contributed by atoms with Gasteiger partial charge in [-0.2, -0.15) is 0 Å². The van der Waals surface area contributed by atoms with E-state index in [0.29, 0.717) is 0 Å². The summed E-state index contributed by atoms with van der Waals surface area (Å²) in [5.74, 6) is 2.25. The van der Waals surface area contributed by atoms with Gasteiger partial charge in [0.15, 0.2) is 0 Å². The molecule has 2 aromatic carbocycles. The zero-order valence-corrected chi connectivity index (χ0v) is 15.7. The normalized spacial score (nSPS) is 15.0. The van der Waals surface area contributed by atoms with Gasteiger partial charge in [0, 0.05) is 39.0 Å². The van der Waals surface area contributed by atoms with Crippen molar-refractivity contribution in [1.29, 1.82) is 0 Å². The van der Waals surface area contributed by atoms with Crippen LogP contribution < -0.4 is 0 Å². The Hall–Kier alpha value is -2.72. The smallest absolute Gasteiger partial charge is 0.134 e. The maximum Gasteiger partial charge on any atom is 0.134 e. The van der Waals surface area contributed by atoms with Gasteiger partial charge in [0.05, 0.1) is 0 Å². The zero-order valence-electron chi connectivity index (χ0n) is 15.7. The van der Waals surface area contributed by atoms with E-state index in [9.17, 15) is 0 Å². The fraction of sp³-hybridized carbons (Fsp3) is 0.304. The maximum atomic E-state index is 4.46. The van der Waals surface area contributed by atoms with Gasteiger partial charge in [-0.3, -0.25) is 4.90 Å². The molecule has 0 amide bonds. The Balaban J connectivity index is 1.33. The van der Waals surface area contributed by atoms with Gasteiger partial charge in [0.25, 0.3) is 0 Å². The molecule has 0 saturated heterocycles. The quantitative estimate of drug-likeness (QED) is 0.675. The van der Waals surface area contributed by atoms with E-state index in [1.54, 1.807) is 0 Å². The first-order chi connectivity index (χ1) is 13.4. The van der Waals surface area contributed by atoms with Crippen LogP contribution >= 0.6 is 0 Å². The van der Waals surface area contributed by atoms with E-state index in [-0.39, 0.29) is 0 Å². The molecule has 4 heteroatoms. The van der Waals surface area contributed by atoms with Crippen LogP contribution in [-0.2, 0) is 25.8 Å². The molecular weight excluding hydrogens is 332 g/mol. The molecule has 0 atom stereocenters. The molecular formula is C23H26N4. The second kappa shape index (κ2) is 8.78. The van der Waals surface area contributed by atoms with Crippen molar-refractivity contribution in [1.82, 2.24) is 19.7 Å². The predicted molar refractivity (Wildman–Crippen MR) is 109 cm³/mol. The third-order valence-corrected chi connectivity index (χ3v) is 5.15. The van der Waals surface area contributed by atoms with Crippen LogP contribution in [0.1, 0.15) is 22.8 Å². The lowest BCUT2D eigenvalue weighted by molar-refractivity contribution is 0.308. The highest BCUT2D eigenvalue weighted by molar-refractivity contribution is 5.48. The number of aromatic nitrogens is 3. The summed E-state index contributed by atoms with van der Waals surface area (Å²) >= 11 is 0. The van der Waals surface area contributed by atoms with E-state index in [1.807, 2.05) is 0 Å². The van der Waals surface area contributed by atoms with Gasteiger partial charge >= 0.3 is 0 Å². The first-order valence-corrected chi connectivity index (χ1v) is 9.77. The maximum absolute atomic E-state index is 4.46. The van der Waals surface area contributed by atoms with Crippen LogP contribution in [0, 0.1) is 0 Å². The number of hydrogen-bond donors (Lipinski definition) is 0. The highest BCUT2D eigenvalue weighted by atomic mass is 15.3. The highest BCUT2D eigenvalue weighted by Gasteiger charge is 2.17. The molecule has 0 fully saturated rings. The van der Waals surface area contributed by atoms with Gasteiger partial charge in [-0.05, 0) is 17.5 Å². The molecule has 2 heterocycles. The largest absolute Gasteiger partial charge is 0.314 e. The van der Waals surface area contributed by atoms with E-state index >= 15 is 0 Å². The van der Waals surface area contributed by atoms with E-state index in [4.69, 9.17) is 0 Å². The number of rotatable bonds is 6. The molecule has 0 spiro atoms. The Labute approximate surface area is 161 Å². The average molecular weight is 358 g/mol. The zero-order chi connectivity index (χ0) is 18.3. The van der Waals surface area contributed by atoms with Crippen LogP contribution in [0.3, 0.4) is 0 Å². The standard InChI is InChI=1S/C23H26N4/c1-3-8-20(9-4-1)12-7-16-26-17-15-23-25-24-22(27(23)19-18-26)14-13-21-10-5-2-6-11-21/h1-12H,13-19H2/b12-7+. The lowest BCUT2D eigenvalue weighted by Crippen LogP contribution is -2.27. The van der Waals surface area contributed by atoms with Crippen molar-refractivity contribution in [2.75, 3.05) is 19.6 Å². The molecule has 138 valence electrons. The summed E-state index contributed by atoms with van der Waals surface area (Å²) < 4.78 is 2.34. The van der Waals surface area contributed by atoms with Crippen LogP contribution in [0.5, 0.6) is 0 Å². The van der Waals surface area contributed by atoms with Gasteiger partial charge < -0.3 is 4.57 Å². The second-order valence-corrected chi connectivity index (χ2v) is 7.03. The second-order valence-electron chi connectivity index (χ2n) is 7.03. The van der Waals surface area contributed by atoms with Crippen LogP contribution in [0.15, 0.2) is 66.7 Å². The van der Waals surface area contributed by atoms with Crippen molar-refractivity contribution >= 4 is 6.08 Å². The fourth-order valence-electron chi connectivity index (χ4n) is 3.60. The lowest BCUT2D eigenvalue weighted by Gasteiger charge is -2.17. The predicted octanol–water partition coefficient (Wildman–Crippen LogP) is 3.63. The van der Waals surface area contributed by atoms with Gasteiger partial charge in [-0.15, -0.1) is 10.2 Å². The molecule has 0 bridgehead atoms. The number of nitrogens with zero attached hydrogens (tertiary/aromatic N) is 4. The summed E-state index contributed by atoms with van der Waals surface area (Å²) in [5, 5.41) is 8.92. The first kappa shape index (κ1) is 17.7. The molecule has 4 rings (SSSR count). The third kappa shape index (κ3) is 4.72. The van der Waals surface area contributed by atoms with Crippen molar-refractivity contribution < 1.29 is 0 Å². The average Bonchev–Trinajstić information content (AvgIpc) is 3.00. The molecule has 1 aliphatic rings. The molecule has 1 aromatic heterocycles. The van der Waals surface area contributed by atoms with Crippen molar-refractivity contribution in [2.24, 2.45) is 0 Å². The number of hydrogen-bond acceptors (Lipinski definition) is 3. The van der Waals surface area contributed by atoms with Gasteiger partial charge in [0.1, 0.15) is 11.6 Å². The Morgan fingerprint density at radius 1 is 0.815 bits per heavy atom. The molecule has 0 unspecified atom stereocenters. The topological polar surface area (TPSA) is 34.0 Å². The third-order valence-electron chi connectivity index (χ3n) is 5.15. The number of aryl methyl sites for hydroxylation is 2. The summed E-state index contributed by atoms with van der Waals surface area (Å²) in [6, 6.07) is 21.1. The Bertz CT molecular complexity index is 868. The number of benzene rings is 2. The van der Waals surface area contributed by atoms with Crippen LogP contribution in [-0.4, -0.2) is 39.3 Å². The van der Waals surface area contributed by atoms with Crippen molar-refractivity contribution in [2.45, 2.75) is 25.8 Å². The van der Waals surface area contributed by atoms with E-state index in [0.717, 1.165) is 57.1 Å². The summed E-state index contributed by atoms with van der Waals surface area (Å²) in [5.41, 5.74) is 2.61. The summed E-state index contributed by atoms with van der Waals surface area (Å²) in [6.07, 6.45) is 7.40. The lowest BCUT2D eigenvalue weighted by atomic mass is 10.1. The minimum Gasteiger partial charge on any atom is -0.314 e. The molecule has 0 aliphatic carbocycles. The Morgan fingerprint density at radius 3 is 2.41 bits per heavy atom. The first-order valence-electron chi connectivity index (χ1n) is 9.77. The minimum absolute atomic E-state index is 0.949. The van der Waals surface area contributed by atoms with Crippen LogP contribution in [0.25, 0.3) is 6.08 Å². The summed E-state index contributed by atoms with van der Waals surface area (Å²) in [4.78, 5) is 2.50. The highest BCUT2D eigenvalue weighted by Crippen LogP contribution is 2.12. The van der Waals surface area contributed by atoms with Crippen molar-refractivity contribution in [3.05, 3.63) is 89.5 Å². The molecule has 3 aromatic rings. The van der Waals surface area contributed by atoms with Gasteiger partial charge in [-0.25, -0.2) is 0 Å². The summed E-state index contributed by atoms with van der Waals surface area (Å²) in [6.45, 7) is 4.04. The number of fused-ring (bicyclic) bond motifs is 1. The Morgan fingerprint density at radius 2 is 1.59 bits per heavy atom. The van der Waals surface area contributed by atoms with Gasteiger partial charge in [-0.1, -0.05) is 72.8 Å². The SMILES string of the molecule is C(=C\c1ccccc1)/CN1CCc2nnc(CCc3ccccc3)n2CC1. The molecule has 0 N–H and O–H groups in total. The van der Waals surface area contributed by atoms with E-state index in [2.05, 4.69) is 92.5 Å². The minimum atomic E-state index is 0.949. The van der Waals surface area contributed by atoms with Crippen LogP contribution in [0.4, 0.5) is 0 Å². The molecule has 27 heavy (non-hydrogen) atoms. The monoisotopic (exact) mass is 358 g/mol.